The molecule has 0 aliphatic heterocycles. The second kappa shape index (κ2) is 4.04. The number of esters is 1. The van der Waals surface area contributed by atoms with Crippen LogP contribution in [0.3, 0.4) is 0 Å². The number of methoxy groups -OCH3 is 2. The summed E-state index contributed by atoms with van der Waals surface area (Å²) in [5.41, 5.74) is 6.51. The van der Waals surface area contributed by atoms with Crippen LogP contribution in [-0.4, -0.2) is 28.0 Å². The Morgan fingerprint density at radius 3 is 2.57 bits per heavy atom. The van der Waals surface area contributed by atoms with Crippen molar-refractivity contribution in [1.82, 2.24) is 0 Å². The van der Waals surface area contributed by atoms with Crippen molar-refractivity contribution in [2.24, 2.45) is 0 Å². The number of anilines is 1. The van der Waals surface area contributed by atoms with Gasteiger partial charge < -0.3 is 15.2 Å². The summed E-state index contributed by atoms with van der Waals surface area (Å²) >= 11 is 0. The van der Waals surface area contributed by atoms with Gasteiger partial charge in [-0.2, -0.15) is 0 Å². The molecule has 0 amide bonds. The third kappa shape index (κ3) is 1.81. The first-order chi connectivity index (χ1) is 6.60. The van der Waals surface area contributed by atoms with E-state index in [-0.39, 0.29) is 5.56 Å². The molecule has 0 aliphatic rings. The van der Waals surface area contributed by atoms with Crippen LogP contribution in [0.5, 0.6) is 5.75 Å². The fourth-order valence-electron chi connectivity index (χ4n) is 1.05. The van der Waals surface area contributed by atoms with Crippen molar-refractivity contribution < 1.29 is 14.3 Å². The zero-order chi connectivity index (χ0) is 10.7. The molecule has 0 fully saturated rings. The minimum absolute atomic E-state index is 0.265. The molecular formula is C9H10BNO3. The molecule has 0 saturated carbocycles. The summed E-state index contributed by atoms with van der Waals surface area (Å²) in [4.78, 5) is 11.3. The van der Waals surface area contributed by atoms with Crippen molar-refractivity contribution in [1.29, 1.82) is 0 Å². The third-order valence-corrected chi connectivity index (χ3v) is 1.81. The molecule has 2 radical (unpaired) electrons. The first-order valence-corrected chi connectivity index (χ1v) is 3.91. The van der Waals surface area contributed by atoms with E-state index in [4.69, 9.17) is 18.3 Å². The largest absolute Gasteiger partial charge is 0.496 e. The van der Waals surface area contributed by atoms with E-state index in [9.17, 15) is 4.79 Å². The van der Waals surface area contributed by atoms with Gasteiger partial charge >= 0.3 is 5.97 Å². The van der Waals surface area contributed by atoms with E-state index in [1.165, 1.54) is 26.4 Å². The number of benzene rings is 1. The third-order valence-electron chi connectivity index (χ3n) is 1.81. The molecule has 1 rings (SSSR count). The minimum Gasteiger partial charge on any atom is -0.496 e. The average molecular weight is 191 g/mol. The summed E-state index contributed by atoms with van der Waals surface area (Å²) in [5, 5.41) is 0. The van der Waals surface area contributed by atoms with Gasteiger partial charge in [-0.3, -0.25) is 0 Å². The van der Waals surface area contributed by atoms with Crippen LogP contribution in [-0.2, 0) is 4.74 Å². The molecule has 4 nitrogen and oxygen atoms in total. The number of rotatable bonds is 2. The maximum absolute atomic E-state index is 11.3. The Morgan fingerprint density at radius 2 is 2.07 bits per heavy atom. The molecule has 5 heteroatoms. The van der Waals surface area contributed by atoms with Crippen molar-refractivity contribution in [2.45, 2.75) is 0 Å². The highest BCUT2D eigenvalue weighted by molar-refractivity contribution is 6.36. The van der Waals surface area contributed by atoms with Gasteiger partial charge in [-0.15, -0.1) is 0 Å². The van der Waals surface area contributed by atoms with E-state index >= 15 is 0 Å². The van der Waals surface area contributed by atoms with Crippen LogP contribution >= 0.6 is 0 Å². The van der Waals surface area contributed by atoms with Crippen molar-refractivity contribution in [3.63, 3.8) is 0 Å². The first-order valence-electron chi connectivity index (χ1n) is 3.91. The maximum atomic E-state index is 11.3. The smallest absolute Gasteiger partial charge is 0.341 e. The van der Waals surface area contributed by atoms with Gasteiger partial charge in [0.25, 0.3) is 0 Å². The normalized spacial score (nSPS) is 9.57. The maximum Gasteiger partial charge on any atom is 0.341 e. The Morgan fingerprint density at radius 1 is 1.43 bits per heavy atom. The molecule has 0 atom stereocenters. The van der Waals surface area contributed by atoms with Crippen LogP contribution in [0.4, 0.5) is 5.69 Å². The Labute approximate surface area is 83.4 Å². The molecule has 0 heterocycles. The molecular weight excluding hydrogens is 181 g/mol. The van der Waals surface area contributed by atoms with Gasteiger partial charge in [0.2, 0.25) is 0 Å². The summed E-state index contributed by atoms with van der Waals surface area (Å²) in [6, 6.07) is 2.92. The van der Waals surface area contributed by atoms with E-state index in [2.05, 4.69) is 4.74 Å². The van der Waals surface area contributed by atoms with Gasteiger partial charge in [0.05, 0.1) is 14.2 Å². The second-order valence-corrected chi connectivity index (χ2v) is 2.67. The highest BCUT2D eigenvalue weighted by atomic mass is 16.5. The quantitative estimate of drug-likeness (QED) is 0.401. The average Bonchev–Trinajstić information content (AvgIpc) is 2.20. The van der Waals surface area contributed by atoms with E-state index in [1.54, 1.807) is 0 Å². The molecule has 1 aromatic carbocycles. The Kier molecular flexibility index (Phi) is 3.01. The fourth-order valence-corrected chi connectivity index (χ4v) is 1.05. The monoisotopic (exact) mass is 191 g/mol. The van der Waals surface area contributed by atoms with Crippen molar-refractivity contribution in [2.75, 3.05) is 20.0 Å². The molecule has 0 bridgehead atoms. The zero-order valence-corrected chi connectivity index (χ0v) is 8.03. The van der Waals surface area contributed by atoms with Gasteiger partial charge in [-0.25, -0.2) is 4.79 Å². The first kappa shape index (κ1) is 10.4. The molecule has 72 valence electrons. The standard InChI is InChI=1S/C9H10BNO3/c1-13-8-4-7(11)6(10)3-5(8)9(12)14-2/h3-4H,11H2,1-2H3. The summed E-state index contributed by atoms with van der Waals surface area (Å²) in [6.07, 6.45) is 0. The van der Waals surface area contributed by atoms with Crippen molar-refractivity contribution in [3.05, 3.63) is 17.7 Å². The highest BCUT2D eigenvalue weighted by Gasteiger charge is 2.13. The molecule has 0 unspecified atom stereocenters. The number of nitrogens with two attached hydrogens (primary N) is 1. The number of hydrogen-bond donors (Lipinski definition) is 1. The number of nitrogen functional groups attached to an aromatic ring is 1. The van der Waals surface area contributed by atoms with Gasteiger partial charge in [0, 0.05) is 11.8 Å². The summed E-state index contributed by atoms with van der Waals surface area (Å²) < 4.78 is 9.53. The lowest BCUT2D eigenvalue weighted by atomic mass is 9.92. The predicted molar refractivity (Wildman–Crippen MR) is 54.1 cm³/mol. The lowest BCUT2D eigenvalue weighted by Gasteiger charge is -2.09. The number of hydrogen-bond acceptors (Lipinski definition) is 4. The van der Waals surface area contributed by atoms with Gasteiger partial charge in [0.1, 0.15) is 19.2 Å². The fraction of sp³-hybridized carbons (Fsp3) is 0.222. The van der Waals surface area contributed by atoms with E-state index in [0.29, 0.717) is 16.9 Å². The minimum atomic E-state index is -0.506. The Hall–Kier alpha value is -1.65. The van der Waals surface area contributed by atoms with Crippen LogP contribution in [0, 0.1) is 0 Å². The van der Waals surface area contributed by atoms with Crippen molar-refractivity contribution >= 4 is 25.0 Å². The zero-order valence-electron chi connectivity index (χ0n) is 8.03. The van der Waals surface area contributed by atoms with Gasteiger partial charge in [-0.1, -0.05) is 5.46 Å². The summed E-state index contributed by atoms with van der Waals surface area (Å²) in [7, 11) is 8.28. The number of carbonyl (C=O) groups excluding carboxylic acids is 1. The van der Waals surface area contributed by atoms with Crippen LogP contribution in [0.25, 0.3) is 0 Å². The molecule has 1 aromatic rings. The van der Waals surface area contributed by atoms with Gasteiger partial charge in [0.15, 0.2) is 0 Å². The lowest BCUT2D eigenvalue weighted by Crippen LogP contribution is -2.14. The molecule has 0 spiro atoms. The highest BCUT2D eigenvalue weighted by Crippen LogP contribution is 2.20. The van der Waals surface area contributed by atoms with E-state index < -0.39 is 5.97 Å². The van der Waals surface area contributed by atoms with E-state index in [0.717, 1.165) is 0 Å². The number of ether oxygens (including phenoxy) is 2. The summed E-state index contributed by atoms with van der Waals surface area (Å²) in [5.74, 6) is -0.155. The van der Waals surface area contributed by atoms with Crippen LogP contribution in [0.1, 0.15) is 10.4 Å². The predicted octanol–water partition coefficient (Wildman–Crippen LogP) is -0.142. The van der Waals surface area contributed by atoms with Crippen LogP contribution in [0.2, 0.25) is 0 Å². The molecule has 0 saturated heterocycles. The van der Waals surface area contributed by atoms with Crippen LogP contribution < -0.4 is 15.9 Å². The number of carbonyl (C=O) groups is 1. The second-order valence-electron chi connectivity index (χ2n) is 2.67. The van der Waals surface area contributed by atoms with Crippen LogP contribution in [0.15, 0.2) is 12.1 Å². The SMILES string of the molecule is [B]c1cc(C(=O)OC)c(OC)cc1N. The van der Waals surface area contributed by atoms with Gasteiger partial charge in [-0.05, 0) is 6.07 Å². The lowest BCUT2D eigenvalue weighted by molar-refractivity contribution is 0.0597. The topological polar surface area (TPSA) is 61.5 Å². The molecule has 0 aliphatic carbocycles. The molecule has 0 aromatic heterocycles. The van der Waals surface area contributed by atoms with E-state index in [1.807, 2.05) is 0 Å². The Bertz CT molecular complexity index is 365. The summed E-state index contributed by atoms with van der Waals surface area (Å²) in [6.45, 7) is 0. The van der Waals surface area contributed by atoms with Crippen molar-refractivity contribution in [3.8, 4) is 5.75 Å². The molecule has 14 heavy (non-hydrogen) atoms. The molecule has 2 N–H and O–H groups in total. The Balaban J connectivity index is 3.27.